The number of anilines is 1. The molecule has 0 saturated heterocycles. The molecular weight excluding hydrogens is 362 g/mol. The van der Waals surface area contributed by atoms with Crippen molar-refractivity contribution >= 4 is 17.7 Å². The Kier molecular flexibility index (Phi) is 6.39. The molecule has 5 nitrogen and oxygen atoms in total. The topological polar surface area (TPSA) is 75.0 Å². The van der Waals surface area contributed by atoms with Gasteiger partial charge in [0.15, 0.2) is 0 Å². The second-order valence-electron chi connectivity index (χ2n) is 6.58. The van der Waals surface area contributed by atoms with Crippen molar-refractivity contribution in [3.8, 4) is 11.8 Å². The summed E-state index contributed by atoms with van der Waals surface area (Å²) in [5.41, 5.74) is 4.20. The molecule has 0 aliphatic carbocycles. The molecule has 3 aromatic rings. The Morgan fingerprint density at radius 3 is 2.55 bits per heavy atom. The highest BCUT2D eigenvalue weighted by Crippen LogP contribution is 2.24. The molecule has 1 amide bonds. The second-order valence-corrected chi connectivity index (χ2v) is 6.58. The first-order valence-corrected chi connectivity index (χ1v) is 9.18. The number of nitriles is 1. The average molecular weight is 383 g/mol. The lowest BCUT2D eigenvalue weighted by Gasteiger charge is -2.12. The number of pyridine rings is 1. The molecule has 2 aromatic carbocycles. The number of rotatable bonds is 6. The molecule has 1 N–H and O–H groups in total. The van der Waals surface area contributed by atoms with Crippen molar-refractivity contribution in [2.24, 2.45) is 0 Å². The molecule has 29 heavy (non-hydrogen) atoms. The van der Waals surface area contributed by atoms with Crippen LogP contribution in [0.3, 0.4) is 0 Å². The number of nitrogens with zero attached hydrogens (tertiary/aromatic N) is 2. The first-order chi connectivity index (χ1) is 14.1. The first kappa shape index (κ1) is 19.8. The maximum absolute atomic E-state index is 12.7. The van der Waals surface area contributed by atoms with E-state index in [2.05, 4.69) is 10.3 Å². The summed E-state index contributed by atoms with van der Waals surface area (Å²) in [6.07, 6.45) is 4.98. The summed E-state index contributed by atoms with van der Waals surface area (Å²) in [6, 6.07) is 18.8. The minimum Gasteiger partial charge on any atom is -0.488 e. The van der Waals surface area contributed by atoms with Crippen LogP contribution in [-0.4, -0.2) is 10.9 Å². The summed E-state index contributed by atoms with van der Waals surface area (Å²) < 4.78 is 5.88. The van der Waals surface area contributed by atoms with Gasteiger partial charge in [0.25, 0.3) is 5.91 Å². The summed E-state index contributed by atoms with van der Waals surface area (Å²) in [5.74, 6) is 0.135. The van der Waals surface area contributed by atoms with Gasteiger partial charge in [0, 0.05) is 29.2 Å². The van der Waals surface area contributed by atoms with Crippen LogP contribution < -0.4 is 10.1 Å². The van der Waals surface area contributed by atoms with E-state index in [9.17, 15) is 10.1 Å². The predicted octanol–water partition coefficient (Wildman–Crippen LogP) is 4.82. The molecule has 5 heteroatoms. The van der Waals surface area contributed by atoms with Crippen molar-refractivity contribution in [3.63, 3.8) is 0 Å². The van der Waals surface area contributed by atoms with Crippen LogP contribution >= 0.6 is 0 Å². The number of aromatic nitrogens is 1. The smallest absolute Gasteiger partial charge is 0.266 e. The SMILES string of the molecule is Cc1cccc(C)c1NC(=O)/C(C#N)=C/c1ccccc1OCc1cccnc1. The third-order valence-electron chi connectivity index (χ3n) is 4.42. The van der Waals surface area contributed by atoms with Gasteiger partial charge in [0.1, 0.15) is 24.0 Å². The van der Waals surface area contributed by atoms with E-state index in [1.807, 2.05) is 68.4 Å². The van der Waals surface area contributed by atoms with Gasteiger partial charge in [0.05, 0.1) is 0 Å². The number of hydrogen-bond acceptors (Lipinski definition) is 4. The summed E-state index contributed by atoms with van der Waals surface area (Å²) in [5, 5.41) is 12.4. The lowest BCUT2D eigenvalue weighted by molar-refractivity contribution is -0.112. The van der Waals surface area contributed by atoms with Crippen LogP contribution in [0.2, 0.25) is 0 Å². The van der Waals surface area contributed by atoms with Gasteiger partial charge in [-0.2, -0.15) is 5.26 Å². The number of amides is 1. The molecular formula is C24H21N3O2. The van der Waals surface area contributed by atoms with E-state index in [1.165, 1.54) is 0 Å². The van der Waals surface area contributed by atoms with E-state index in [0.29, 0.717) is 17.9 Å². The van der Waals surface area contributed by atoms with E-state index in [1.54, 1.807) is 24.5 Å². The highest BCUT2D eigenvalue weighted by Gasteiger charge is 2.13. The van der Waals surface area contributed by atoms with Crippen molar-refractivity contribution in [2.45, 2.75) is 20.5 Å². The number of aryl methyl sites for hydroxylation is 2. The lowest BCUT2D eigenvalue weighted by atomic mass is 10.1. The minimum absolute atomic E-state index is 0.00470. The van der Waals surface area contributed by atoms with Gasteiger partial charge in [0.2, 0.25) is 0 Å². The van der Waals surface area contributed by atoms with E-state index >= 15 is 0 Å². The number of benzene rings is 2. The maximum atomic E-state index is 12.7. The maximum Gasteiger partial charge on any atom is 0.266 e. The fourth-order valence-corrected chi connectivity index (χ4v) is 2.87. The number of para-hydroxylation sites is 2. The highest BCUT2D eigenvalue weighted by atomic mass is 16.5. The average Bonchev–Trinajstić information content (AvgIpc) is 2.74. The van der Waals surface area contributed by atoms with Crippen molar-refractivity contribution < 1.29 is 9.53 Å². The molecule has 3 rings (SSSR count). The molecule has 0 spiro atoms. The van der Waals surface area contributed by atoms with Gasteiger partial charge in [-0.3, -0.25) is 9.78 Å². The van der Waals surface area contributed by atoms with E-state index < -0.39 is 5.91 Å². The molecule has 0 saturated carbocycles. The molecule has 144 valence electrons. The monoisotopic (exact) mass is 383 g/mol. The second kappa shape index (κ2) is 9.34. The van der Waals surface area contributed by atoms with Crippen LogP contribution in [0.1, 0.15) is 22.3 Å². The number of carbonyl (C=O) groups excluding carboxylic acids is 1. The summed E-state index contributed by atoms with van der Waals surface area (Å²) in [4.78, 5) is 16.8. The standard InChI is InChI=1S/C24H21N3O2/c1-17-7-5-8-18(2)23(17)27-24(28)21(14-25)13-20-10-3-4-11-22(20)29-16-19-9-6-12-26-15-19/h3-13,15H,16H2,1-2H3,(H,27,28)/b21-13+. The molecule has 1 aromatic heterocycles. The molecule has 0 radical (unpaired) electrons. The molecule has 0 fully saturated rings. The predicted molar refractivity (Wildman–Crippen MR) is 113 cm³/mol. The van der Waals surface area contributed by atoms with E-state index in [-0.39, 0.29) is 5.57 Å². The van der Waals surface area contributed by atoms with Crippen molar-refractivity contribution in [2.75, 3.05) is 5.32 Å². The summed E-state index contributed by atoms with van der Waals surface area (Å²) >= 11 is 0. The van der Waals surface area contributed by atoms with Crippen LogP contribution in [-0.2, 0) is 11.4 Å². The number of hydrogen-bond donors (Lipinski definition) is 1. The number of nitrogens with one attached hydrogen (secondary N) is 1. The number of carbonyl (C=O) groups is 1. The Labute approximate surface area is 170 Å². The molecule has 0 aliphatic heterocycles. The van der Waals surface area contributed by atoms with Gasteiger partial charge in [-0.15, -0.1) is 0 Å². The fraction of sp³-hybridized carbons (Fsp3) is 0.125. The van der Waals surface area contributed by atoms with Gasteiger partial charge in [-0.05, 0) is 43.2 Å². The van der Waals surface area contributed by atoms with Crippen molar-refractivity contribution in [1.82, 2.24) is 4.98 Å². The molecule has 0 atom stereocenters. The molecule has 0 unspecified atom stereocenters. The molecule has 0 bridgehead atoms. The van der Waals surface area contributed by atoms with Gasteiger partial charge in [-0.1, -0.05) is 42.5 Å². The van der Waals surface area contributed by atoms with E-state index in [0.717, 1.165) is 22.4 Å². The van der Waals surface area contributed by atoms with Crippen LogP contribution in [0, 0.1) is 25.2 Å². The van der Waals surface area contributed by atoms with Crippen LogP contribution in [0.5, 0.6) is 5.75 Å². The van der Waals surface area contributed by atoms with Crippen LogP contribution in [0.25, 0.3) is 6.08 Å². The van der Waals surface area contributed by atoms with Gasteiger partial charge < -0.3 is 10.1 Å². The van der Waals surface area contributed by atoms with Crippen molar-refractivity contribution in [1.29, 1.82) is 5.26 Å². The molecule has 1 heterocycles. The number of ether oxygens (including phenoxy) is 1. The van der Waals surface area contributed by atoms with Crippen LogP contribution in [0.4, 0.5) is 5.69 Å². The zero-order valence-electron chi connectivity index (χ0n) is 16.3. The Hall–Kier alpha value is -3.91. The lowest BCUT2D eigenvalue weighted by Crippen LogP contribution is -2.15. The Morgan fingerprint density at radius 2 is 1.86 bits per heavy atom. The summed E-state index contributed by atoms with van der Waals surface area (Å²) in [7, 11) is 0. The van der Waals surface area contributed by atoms with Gasteiger partial charge in [-0.25, -0.2) is 0 Å². The Balaban J connectivity index is 1.82. The normalized spacial score (nSPS) is 10.9. The third-order valence-corrected chi connectivity index (χ3v) is 4.42. The highest BCUT2D eigenvalue weighted by molar-refractivity contribution is 6.10. The zero-order chi connectivity index (χ0) is 20.6. The molecule has 0 aliphatic rings. The largest absolute Gasteiger partial charge is 0.488 e. The summed E-state index contributed by atoms with van der Waals surface area (Å²) in [6.45, 7) is 4.18. The fourth-order valence-electron chi connectivity index (χ4n) is 2.87. The van der Waals surface area contributed by atoms with Gasteiger partial charge >= 0.3 is 0 Å². The van der Waals surface area contributed by atoms with E-state index in [4.69, 9.17) is 4.74 Å². The quantitative estimate of drug-likeness (QED) is 0.489. The first-order valence-electron chi connectivity index (χ1n) is 9.18. The Bertz CT molecular complexity index is 1060. The Morgan fingerprint density at radius 1 is 1.10 bits per heavy atom. The van der Waals surface area contributed by atoms with Crippen molar-refractivity contribution in [3.05, 3.63) is 94.8 Å². The zero-order valence-corrected chi connectivity index (χ0v) is 16.3. The minimum atomic E-state index is -0.452. The van der Waals surface area contributed by atoms with Crippen LogP contribution in [0.15, 0.2) is 72.6 Å². The third kappa shape index (κ3) is 5.08.